The standard InChI is InChI=1S/C8H15NO/c1-8(2,3)9-7(10)6-4-5-6/h6H,4-5H2,1-3H3,(H,9,10)/i4D,5D2. The van der Waals surface area contributed by atoms with Gasteiger partial charge in [0.25, 0.3) is 0 Å². The van der Waals surface area contributed by atoms with Crippen molar-refractivity contribution in [1.82, 2.24) is 5.32 Å². The second-order valence-corrected chi connectivity index (χ2v) is 3.55. The molecule has 1 rings (SSSR count). The number of carbonyl (C=O) groups excluding carboxylic acids is 1. The maximum absolute atomic E-state index is 11.4. The van der Waals surface area contributed by atoms with Crippen LogP contribution in [-0.4, -0.2) is 11.4 Å². The molecule has 2 heteroatoms. The summed E-state index contributed by atoms with van der Waals surface area (Å²) in [5, 5.41) is 2.67. The van der Waals surface area contributed by atoms with Crippen molar-refractivity contribution >= 4 is 5.91 Å². The molecule has 0 spiro atoms. The van der Waals surface area contributed by atoms with Gasteiger partial charge in [0.05, 0.1) is 0 Å². The first-order chi connectivity index (χ1) is 5.66. The Morgan fingerprint density at radius 3 is 2.50 bits per heavy atom. The molecule has 0 radical (unpaired) electrons. The van der Waals surface area contributed by atoms with Gasteiger partial charge in [0, 0.05) is 15.6 Å². The van der Waals surface area contributed by atoms with Crippen molar-refractivity contribution in [2.75, 3.05) is 0 Å². The summed E-state index contributed by atoms with van der Waals surface area (Å²) in [5.74, 6) is -1.13. The predicted octanol–water partition coefficient (Wildman–Crippen LogP) is 1.31. The number of amides is 1. The molecule has 2 unspecified atom stereocenters. The zero-order chi connectivity index (χ0) is 10.4. The highest BCUT2D eigenvalue weighted by atomic mass is 16.2. The van der Waals surface area contributed by atoms with E-state index in [1.807, 2.05) is 20.8 Å². The summed E-state index contributed by atoms with van der Waals surface area (Å²) in [5.41, 5.74) is -0.352. The van der Waals surface area contributed by atoms with Crippen molar-refractivity contribution in [3.05, 3.63) is 0 Å². The van der Waals surface area contributed by atoms with E-state index in [-0.39, 0.29) is 11.4 Å². The quantitative estimate of drug-likeness (QED) is 0.590. The average Bonchev–Trinajstić information content (AvgIpc) is 2.27. The lowest BCUT2D eigenvalue weighted by Gasteiger charge is -2.20. The first kappa shape index (κ1) is 4.37. The van der Waals surface area contributed by atoms with Gasteiger partial charge in [0.15, 0.2) is 0 Å². The van der Waals surface area contributed by atoms with Crippen molar-refractivity contribution in [2.45, 2.75) is 39.1 Å². The average molecular weight is 144 g/mol. The van der Waals surface area contributed by atoms with Crippen molar-refractivity contribution in [2.24, 2.45) is 5.92 Å². The van der Waals surface area contributed by atoms with Gasteiger partial charge in [-0.1, -0.05) is 0 Å². The van der Waals surface area contributed by atoms with Crippen LogP contribution in [0, 0.1) is 5.92 Å². The molecular weight excluding hydrogens is 126 g/mol. The van der Waals surface area contributed by atoms with E-state index in [1.165, 1.54) is 0 Å². The molecule has 1 saturated carbocycles. The first-order valence-electron chi connectivity index (χ1n) is 4.98. The van der Waals surface area contributed by atoms with E-state index in [0.29, 0.717) is 0 Å². The SMILES string of the molecule is [2H]C1C(C(=O)NC(C)(C)C)C1([2H])[2H]. The van der Waals surface area contributed by atoms with E-state index in [4.69, 9.17) is 4.11 Å². The van der Waals surface area contributed by atoms with Crippen LogP contribution in [0.5, 0.6) is 0 Å². The molecule has 10 heavy (non-hydrogen) atoms. The van der Waals surface area contributed by atoms with Gasteiger partial charge in [-0.2, -0.15) is 0 Å². The second-order valence-electron chi connectivity index (χ2n) is 3.55. The number of hydrogen-bond acceptors (Lipinski definition) is 1. The molecule has 1 fully saturated rings. The molecule has 58 valence electrons. The van der Waals surface area contributed by atoms with Crippen molar-refractivity contribution < 1.29 is 8.91 Å². The lowest BCUT2D eigenvalue weighted by molar-refractivity contribution is -0.123. The zero-order valence-corrected chi connectivity index (χ0v) is 6.56. The monoisotopic (exact) mass is 144 g/mol. The molecule has 0 bridgehead atoms. The highest BCUT2D eigenvalue weighted by Gasteiger charge is 2.31. The normalized spacial score (nSPS) is 40.9. The van der Waals surface area contributed by atoms with Crippen LogP contribution in [-0.2, 0) is 4.79 Å². The predicted molar refractivity (Wildman–Crippen MR) is 40.6 cm³/mol. The van der Waals surface area contributed by atoms with E-state index >= 15 is 0 Å². The Hall–Kier alpha value is -0.530. The molecule has 1 amide bonds. The van der Waals surface area contributed by atoms with Crippen LogP contribution in [0.2, 0.25) is 0 Å². The summed E-state index contributed by atoms with van der Waals surface area (Å²) >= 11 is 0. The maximum atomic E-state index is 11.4. The lowest BCUT2D eigenvalue weighted by Crippen LogP contribution is -2.41. The van der Waals surface area contributed by atoms with Crippen molar-refractivity contribution in [3.63, 3.8) is 0 Å². The van der Waals surface area contributed by atoms with Gasteiger partial charge >= 0.3 is 0 Å². The summed E-state index contributed by atoms with van der Waals surface area (Å²) in [6.07, 6.45) is -2.52. The number of nitrogens with one attached hydrogen (secondary N) is 1. The van der Waals surface area contributed by atoms with Gasteiger partial charge < -0.3 is 5.32 Å². The van der Waals surface area contributed by atoms with Crippen LogP contribution in [0.15, 0.2) is 0 Å². The Balaban J connectivity index is 2.54. The third-order valence-electron chi connectivity index (χ3n) is 1.11. The second kappa shape index (κ2) is 2.26. The summed E-state index contributed by atoms with van der Waals surface area (Å²) < 4.78 is 21.8. The van der Waals surface area contributed by atoms with E-state index in [9.17, 15) is 4.79 Å². The van der Waals surface area contributed by atoms with E-state index in [2.05, 4.69) is 5.32 Å². The van der Waals surface area contributed by atoms with Crippen LogP contribution in [0.25, 0.3) is 0 Å². The molecule has 0 heterocycles. The van der Waals surface area contributed by atoms with Crippen LogP contribution >= 0.6 is 0 Å². The fraction of sp³-hybridized carbons (Fsp3) is 0.875. The van der Waals surface area contributed by atoms with Crippen molar-refractivity contribution in [3.8, 4) is 0 Å². The summed E-state index contributed by atoms with van der Waals surface area (Å²) in [6, 6.07) is 0. The molecule has 1 N–H and O–H groups in total. The number of hydrogen-bond donors (Lipinski definition) is 1. The van der Waals surface area contributed by atoms with Crippen LogP contribution in [0.1, 0.15) is 37.7 Å². The van der Waals surface area contributed by atoms with Gasteiger partial charge in [-0.05, 0) is 33.5 Å². The fourth-order valence-corrected chi connectivity index (χ4v) is 0.647. The summed E-state index contributed by atoms with van der Waals surface area (Å²) in [6.45, 7) is 5.51. The highest BCUT2D eigenvalue weighted by Crippen LogP contribution is 2.29. The molecule has 0 aromatic rings. The topological polar surface area (TPSA) is 29.1 Å². The van der Waals surface area contributed by atoms with Crippen molar-refractivity contribution in [1.29, 1.82) is 0 Å². The summed E-state index contributed by atoms with van der Waals surface area (Å²) in [7, 11) is 0. The molecule has 2 atom stereocenters. The van der Waals surface area contributed by atoms with Gasteiger partial charge in [-0.3, -0.25) is 4.79 Å². The Kier molecular flexibility index (Phi) is 0.986. The molecular formula is C8H15NO. The van der Waals surface area contributed by atoms with Gasteiger partial charge in [-0.25, -0.2) is 0 Å². The summed E-state index contributed by atoms with van der Waals surface area (Å²) in [4.78, 5) is 11.4. The van der Waals surface area contributed by atoms with Crippen LogP contribution < -0.4 is 5.32 Å². The van der Waals surface area contributed by atoms with Gasteiger partial charge in [0.1, 0.15) is 0 Å². The Morgan fingerprint density at radius 1 is 1.70 bits per heavy atom. The Labute approximate surface area is 66.2 Å². The zero-order valence-electron chi connectivity index (χ0n) is 9.56. The molecule has 1 aliphatic carbocycles. The minimum Gasteiger partial charge on any atom is -0.351 e. The van der Waals surface area contributed by atoms with E-state index < -0.39 is 18.7 Å². The number of carbonyl (C=O) groups is 1. The van der Waals surface area contributed by atoms with E-state index in [1.54, 1.807) is 0 Å². The van der Waals surface area contributed by atoms with Gasteiger partial charge in [0.2, 0.25) is 5.91 Å². The minimum atomic E-state index is -1.63. The van der Waals surface area contributed by atoms with Crippen LogP contribution in [0.3, 0.4) is 0 Å². The smallest absolute Gasteiger partial charge is 0.223 e. The van der Waals surface area contributed by atoms with Gasteiger partial charge in [-0.15, -0.1) is 0 Å². The highest BCUT2D eigenvalue weighted by molar-refractivity contribution is 5.81. The molecule has 1 aliphatic rings. The largest absolute Gasteiger partial charge is 0.351 e. The third kappa shape index (κ3) is 2.38. The maximum Gasteiger partial charge on any atom is 0.223 e. The minimum absolute atomic E-state index is 0.350. The van der Waals surface area contributed by atoms with E-state index in [0.717, 1.165) is 0 Å². The fourth-order valence-electron chi connectivity index (χ4n) is 0.647. The molecule has 0 aromatic carbocycles. The Morgan fingerprint density at radius 2 is 2.20 bits per heavy atom. The molecule has 0 aliphatic heterocycles. The molecule has 0 aromatic heterocycles. The number of rotatable bonds is 1. The molecule has 2 nitrogen and oxygen atoms in total. The lowest BCUT2D eigenvalue weighted by atomic mass is 10.1. The third-order valence-corrected chi connectivity index (χ3v) is 1.11. The molecule has 0 saturated heterocycles. The Bertz CT molecular complexity index is 234. The first-order valence-corrected chi connectivity index (χ1v) is 3.40. The van der Waals surface area contributed by atoms with Crippen LogP contribution in [0.4, 0.5) is 0 Å².